The van der Waals surface area contributed by atoms with Crippen LogP contribution < -0.4 is 0 Å². The van der Waals surface area contributed by atoms with E-state index in [9.17, 15) is 10.2 Å². The summed E-state index contributed by atoms with van der Waals surface area (Å²) in [6, 6.07) is 0. The molecule has 0 aromatic heterocycles. The molecule has 0 spiro atoms. The van der Waals surface area contributed by atoms with Gasteiger partial charge in [-0.1, -0.05) is 70.6 Å². The maximum Gasteiger partial charge on any atom is 0.148 e. The molecule has 0 aromatic carbocycles. The maximum atomic E-state index is 10.6. The fourth-order valence-electron chi connectivity index (χ4n) is 2.83. The lowest BCUT2D eigenvalue weighted by molar-refractivity contribution is -0.117. The number of ether oxygens (including phenoxy) is 6. The summed E-state index contributed by atoms with van der Waals surface area (Å²) >= 11 is 13.4. The van der Waals surface area contributed by atoms with Crippen LogP contribution in [0.4, 0.5) is 0 Å². The maximum absolute atomic E-state index is 10.6. The Balaban J connectivity index is 1.27. The summed E-state index contributed by atoms with van der Waals surface area (Å²) in [5.74, 6) is 1.25. The number of hydrogen-bond donors (Lipinski definition) is 2. The van der Waals surface area contributed by atoms with Crippen molar-refractivity contribution in [1.82, 2.24) is 0 Å². The van der Waals surface area contributed by atoms with Crippen molar-refractivity contribution in [1.29, 1.82) is 0 Å². The number of rotatable bonds is 12. The van der Waals surface area contributed by atoms with Crippen LogP contribution in [0.15, 0.2) is 25.4 Å². The summed E-state index contributed by atoms with van der Waals surface area (Å²) in [5, 5.41) is 21.2. The second-order valence-corrected chi connectivity index (χ2v) is 17.2. The van der Waals surface area contributed by atoms with E-state index in [1.807, 2.05) is 0 Å². The van der Waals surface area contributed by atoms with Crippen molar-refractivity contribution in [3.63, 3.8) is 0 Å². The molecule has 0 bridgehead atoms. The van der Waals surface area contributed by atoms with Crippen molar-refractivity contribution in [3.8, 4) is 0 Å². The molecule has 204 valence electrons. The first-order valence-electron chi connectivity index (χ1n) is 10.8. The largest absolute Gasteiger partial charge is 0.390 e. The third-order valence-electron chi connectivity index (χ3n) is 4.66. The Kier molecular flexibility index (Phi) is 13.8. The zero-order chi connectivity index (χ0) is 25.3. The zero-order valence-corrected chi connectivity index (χ0v) is 26.1. The van der Waals surface area contributed by atoms with Gasteiger partial charge in [0, 0.05) is 25.7 Å². The average Bonchev–Trinajstić information content (AvgIpc) is 3.46. The van der Waals surface area contributed by atoms with E-state index >= 15 is 0 Å². The molecule has 2 N–H and O–H groups in total. The molecule has 0 aromatic rings. The summed E-state index contributed by atoms with van der Waals surface area (Å²) < 4.78 is 39.5. The monoisotopic (exact) mass is 652 g/mol. The fraction of sp³-hybridized carbons (Fsp3) is 0.700. The molecule has 0 fully saturated rings. The minimum absolute atomic E-state index is 0.125. The van der Waals surface area contributed by atoms with Crippen LogP contribution in [0.1, 0.15) is 0 Å². The first-order valence-corrected chi connectivity index (χ1v) is 17.8. The van der Waals surface area contributed by atoms with Gasteiger partial charge in [-0.15, -0.1) is 23.5 Å². The van der Waals surface area contributed by atoms with E-state index in [-0.39, 0.29) is 25.1 Å². The predicted octanol–water partition coefficient (Wildman–Crippen LogP) is 4.93. The number of aliphatic hydroxyl groups excluding tert-OH is 2. The van der Waals surface area contributed by atoms with Gasteiger partial charge in [-0.05, 0) is 0 Å². The molecule has 4 aliphatic rings. The summed E-state index contributed by atoms with van der Waals surface area (Å²) in [5.41, 5.74) is -1.03. The third kappa shape index (κ3) is 8.85. The normalized spacial score (nSPS) is 31.0. The van der Waals surface area contributed by atoms with Crippen LogP contribution in [0, 0.1) is 0 Å². The summed E-state index contributed by atoms with van der Waals surface area (Å²) in [4.78, 5) is 0. The molecule has 8 nitrogen and oxygen atoms in total. The molecule has 36 heavy (non-hydrogen) atoms. The summed E-state index contributed by atoms with van der Waals surface area (Å²) in [7, 11) is 3.26. The van der Waals surface area contributed by atoms with Gasteiger partial charge in [0.25, 0.3) is 0 Å². The van der Waals surface area contributed by atoms with E-state index in [0.29, 0.717) is 37.9 Å². The Morgan fingerprint density at radius 2 is 1.22 bits per heavy atom. The van der Waals surface area contributed by atoms with Gasteiger partial charge in [-0.3, -0.25) is 0 Å². The predicted molar refractivity (Wildman–Crippen MR) is 159 cm³/mol. The lowest BCUT2D eigenvalue weighted by Crippen LogP contribution is -2.34. The van der Waals surface area contributed by atoms with Crippen molar-refractivity contribution >= 4 is 94.1 Å². The molecule has 0 amide bonds. The lowest BCUT2D eigenvalue weighted by atomic mass is 10.2. The molecule has 0 saturated carbocycles. The Hall–Kier alpha value is 1.70. The second-order valence-electron chi connectivity index (χ2n) is 7.23. The molecule has 0 unspecified atom stereocenters. The minimum Gasteiger partial charge on any atom is -0.390 e. The molecular formula is C20H28O8S8. The van der Waals surface area contributed by atoms with Crippen molar-refractivity contribution in [2.24, 2.45) is 0 Å². The van der Waals surface area contributed by atoms with Gasteiger partial charge in [0.1, 0.15) is 24.5 Å². The Labute approximate surface area is 245 Å². The summed E-state index contributed by atoms with van der Waals surface area (Å²) in [6.07, 6.45) is -0.839. The molecule has 4 aliphatic heterocycles. The van der Waals surface area contributed by atoms with Gasteiger partial charge >= 0.3 is 0 Å². The number of thioether (sulfide) groups is 8. The Morgan fingerprint density at radius 3 is 1.86 bits per heavy atom. The van der Waals surface area contributed by atoms with Gasteiger partial charge in [0.2, 0.25) is 0 Å². The standard InChI is InChI=1S/C20H28O8S8/c1-23-3-5-25-9-27-12-8-30-16-15(29-7-11(12)21)33-19(34-16)20-35-17-18(36-20)32-14(13(22)31-17)28-10-26-6-4-24-2/h11-14,21-22H,3-10H2,1-2H3/b20-19+/t11-,12-,13-,14-/m0/s1. The van der Waals surface area contributed by atoms with Crippen LogP contribution >= 0.6 is 94.1 Å². The lowest BCUT2D eigenvalue weighted by Gasteiger charge is -2.26. The van der Waals surface area contributed by atoms with Gasteiger partial charge in [0.15, 0.2) is 0 Å². The van der Waals surface area contributed by atoms with E-state index < -0.39 is 11.5 Å². The quantitative estimate of drug-likeness (QED) is 0.220. The molecule has 0 saturated heterocycles. The molecule has 0 radical (unpaired) electrons. The Bertz CT molecular complexity index is 841. The molecule has 16 heteroatoms. The van der Waals surface area contributed by atoms with E-state index in [0.717, 1.165) is 8.47 Å². The highest BCUT2D eigenvalue weighted by Crippen LogP contribution is 2.68. The Morgan fingerprint density at radius 1 is 0.667 bits per heavy atom. The highest BCUT2D eigenvalue weighted by Gasteiger charge is 2.39. The highest BCUT2D eigenvalue weighted by molar-refractivity contribution is 8.45. The smallest absolute Gasteiger partial charge is 0.148 e. The van der Waals surface area contributed by atoms with Crippen molar-refractivity contribution < 1.29 is 38.6 Å². The van der Waals surface area contributed by atoms with Crippen molar-refractivity contribution in [2.45, 2.75) is 23.1 Å². The van der Waals surface area contributed by atoms with Crippen LogP contribution in [-0.4, -0.2) is 99.0 Å². The number of hydrogen-bond acceptors (Lipinski definition) is 16. The van der Waals surface area contributed by atoms with Gasteiger partial charge in [0.05, 0.1) is 64.1 Å². The zero-order valence-electron chi connectivity index (χ0n) is 19.6. The third-order valence-corrected chi connectivity index (χ3v) is 16.7. The van der Waals surface area contributed by atoms with Crippen LogP contribution in [-0.2, 0) is 28.4 Å². The highest BCUT2D eigenvalue weighted by atomic mass is 32.3. The molecule has 4 rings (SSSR count). The minimum atomic E-state index is -0.650. The van der Waals surface area contributed by atoms with Gasteiger partial charge < -0.3 is 38.6 Å². The average molecular weight is 653 g/mol. The molecular weight excluding hydrogens is 625 g/mol. The van der Waals surface area contributed by atoms with Gasteiger partial charge in [-0.25, -0.2) is 0 Å². The first-order chi connectivity index (χ1) is 17.6. The van der Waals surface area contributed by atoms with Crippen LogP contribution in [0.5, 0.6) is 0 Å². The van der Waals surface area contributed by atoms with Crippen LogP contribution in [0.3, 0.4) is 0 Å². The first kappa shape index (κ1) is 30.7. The van der Waals surface area contributed by atoms with E-state index in [2.05, 4.69) is 0 Å². The molecule has 4 heterocycles. The second kappa shape index (κ2) is 16.2. The van der Waals surface area contributed by atoms with Crippen molar-refractivity contribution in [2.75, 3.05) is 65.7 Å². The van der Waals surface area contributed by atoms with E-state index in [4.69, 9.17) is 28.4 Å². The van der Waals surface area contributed by atoms with Crippen LogP contribution in [0.2, 0.25) is 0 Å². The summed E-state index contributed by atoms with van der Waals surface area (Å²) in [6.45, 7) is 2.23. The number of aliphatic hydroxyl groups is 2. The van der Waals surface area contributed by atoms with E-state index in [1.54, 1.807) is 96.6 Å². The molecule has 0 aliphatic carbocycles. The molecule has 4 atom stereocenters. The van der Waals surface area contributed by atoms with Crippen molar-refractivity contribution in [3.05, 3.63) is 25.4 Å². The van der Waals surface area contributed by atoms with E-state index in [1.165, 1.54) is 28.7 Å². The fourth-order valence-corrected chi connectivity index (χ4v) is 15.1. The SMILES string of the molecule is COCCOCO[C@H]1CSC2=C(SC[C@@H]1O)S/C(=C1/SC3=C(S1)S[C@H](OCOCCOC)[C@@H](O)S3)S2. The van der Waals surface area contributed by atoms with Gasteiger partial charge in [-0.2, -0.15) is 0 Å². The van der Waals surface area contributed by atoms with Crippen LogP contribution in [0.25, 0.3) is 0 Å². The number of methoxy groups -OCH3 is 2. The topological polar surface area (TPSA) is 95.8 Å².